The van der Waals surface area contributed by atoms with Crippen molar-refractivity contribution in [3.8, 4) is 0 Å². The zero-order valence-corrected chi connectivity index (χ0v) is 18.6. The molecule has 31 heavy (non-hydrogen) atoms. The molecule has 2 amide bonds. The van der Waals surface area contributed by atoms with Gasteiger partial charge in [0.05, 0.1) is 5.69 Å². The van der Waals surface area contributed by atoms with Crippen molar-refractivity contribution in [2.75, 3.05) is 30.5 Å². The van der Waals surface area contributed by atoms with Crippen LogP contribution in [0, 0.1) is 6.92 Å². The summed E-state index contributed by atoms with van der Waals surface area (Å²) in [7, 11) is 2.12. The van der Waals surface area contributed by atoms with E-state index in [-0.39, 0.29) is 6.03 Å². The maximum Gasteiger partial charge on any atom is 0.319 e. The fraction of sp³-hybridized carbons (Fsp3) is 0.348. The van der Waals surface area contributed by atoms with Crippen molar-refractivity contribution in [3.63, 3.8) is 0 Å². The van der Waals surface area contributed by atoms with Gasteiger partial charge in [0.2, 0.25) is 0 Å². The molecule has 2 aromatic carbocycles. The van der Waals surface area contributed by atoms with Crippen LogP contribution in [0.25, 0.3) is 0 Å². The lowest BCUT2D eigenvalue weighted by Crippen LogP contribution is -2.30. The highest BCUT2D eigenvalue weighted by molar-refractivity contribution is 5.89. The lowest BCUT2D eigenvalue weighted by atomic mass is 10.1. The molecule has 0 radical (unpaired) electrons. The van der Waals surface area contributed by atoms with Gasteiger partial charge in [-0.3, -0.25) is 0 Å². The number of nitrogens with zero attached hydrogens (tertiary/aromatic N) is 4. The Hall–Kier alpha value is -3.39. The molecule has 0 bridgehead atoms. The van der Waals surface area contributed by atoms with Crippen molar-refractivity contribution in [1.82, 2.24) is 10.2 Å². The number of unbranched alkanes of at least 4 members (excludes halogenated alkanes) is 1. The number of allylic oxidation sites excluding steroid dienone is 1. The van der Waals surface area contributed by atoms with Crippen LogP contribution in [0.4, 0.5) is 16.2 Å². The second-order valence-corrected chi connectivity index (χ2v) is 7.61. The first kappa shape index (κ1) is 23.9. The van der Waals surface area contributed by atoms with E-state index in [0.29, 0.717) is 23.6 Å². The molecule has 0 fully saturated rings. The zero-order chi connectivity index (χ0) is 22.6. The number of rotatable bonds is 11. The Labute approximate surface area is 184 Å². The summed E-state index contributed by atoms with van der Waals surface area (Å²) in [6.45, 7) is 10.3. The van der Waals surface area contributed by atoms with Crippen molar-refractivity contribution in [3.05, 3.63) is 71.9 Å². The van der Waals surface area contributed by atoms with Gasteiger partial charge in [0.25, 0.3) is 0 Å². The molecule has 0 saturated carbocycles. The molecule has 166 valence electrons. The number of nitrogens with two attached hydrogens (primary N) is 1. The van der Waals surface area contributed by atoms with E-state index in [4.69, 9.17) is 5.84 Å². The molecule has 2 rings (SSSR count). The van der Waals surface area contributed by atoms with Crippen LogP contribution in [0.2, 0.25) is 0 Å². The van der Waals surface area contributed by atoms with Crippen LogP contribution in [-0.4, -0.2) is 31.1 Å². The summed E-state index contributed by atoms with van der Waals surface area (Å²) < 4.78 is 0. The predicted octanol–water partition coefficient (Wildman–Crippen LogP) is 4.61. The Kier molecular flexibility index (Phi) is 9.51. The minimum atomic E-state index is -0.243. The number of carbonyl (C=O) groups excluding carboxylic acids is 1. The van der Waals surface area contributed by atoms with Crippen LogP contribution in [-0.2, 0) is 6.54 Å². The zero-order valence-electron chi connectivity index (χ0n) is 18.6. The molecule has 4 N–H and O–H groups in total. The van der Waals surface area contributed by atoms with Gasteiger partial charge in [0.15, 0.2) is 0 Å². The fourth-order valence-corrected chi connectivity index (χ4v) is 3.08. The molecule has 0 unspecified atom stereocenters. The van der Waals surface area contributed by atoms with Gasteiger partial charge in [0.1, 0.15) is 0 Å². The van der Waals surface area contributed by atoms with Gasteiger partial charge in [-0.2, -0.15) is 0 Å². The summed E-state index contributed by atoms with van der Waals surface area (Å²) in [6.07, 6.45) is 1.92. The molecule has 0 aliphatic carbocycles. The van der Waals surface area contributed by atoms with Gasteiger partial charge in [0, 0.05) is 24.5 Å². The lowest BCUT2D eigenvalue weighted by molar-refractivity contribution is 0.251. The maximum atomic E-state index is 12.2. The van der Waals surface area contributed by atoms with Crippen LogP contribution in [0.1, 0.15) is 30.9 Å². The Morgan fingerprint density at radius 3 is 2.58 bits per heavy atom. The van der Waals surface area contributed by atoms with E-state index in [1.165, 1.54) is 16.1 Å². The summed E-state index contributed by atoms with van der Waals surface area (Å²) >= 11 is 0. The van der Waals surface area contributed by atoms with Gasteiger partial charge in [-0.1, -0.05) is 47.7 Å². The van der Waals surface area contributed by atoms with Crippen molar-refractivity contribution < 1.29 is 4.79 Å². The predicted molar refractivity (Wildman–Crippen MR) is 127 cm³/mol. The van der Waals surface area contributed by atoms with Crippen molar-refractivity contribution in [1.29, 1.82) is 0 Å². The van der Waals surface area contributed by atoms with E-state index < -0.39 is 0 Å². The third-order valence-corrected chi connectivity index (χ3v) is 4.68. The summed E-state index contributed by atoms with van der Waals surface area (Å²) in [5, 5.41) is 14.4. The Morgan fingerprint density at radius 2 is 1.90 bits per heavy atom. The number of hydrogen-bond acceptors (Lipinski definition) is 4. The standard InChI is InChI=1S/C23H33N7O/c1-18(2)30(28-27-24)22-9-7-8-21(16-22)26-23(31)25-14-5-6-15-29(4)17-20-12-10-19(3)11-13-20/h7-13,16H,1,5-6,14-15,17H2,2-4H3,(H2,24,28)(H2,25,26,31). The first-order valence-corrected chi connectivity index (χ1v) is 10.3. The van der Waals surface area contributed by atoms with E-state index in [9.17, 15) is 4.79 Å². The van der Waals surface area contributed by atoms with Crippen molar-refractivity contribution >= 4 is 17.4 Å². The molecule has 0 aromatic heterocycles. The van der Waals surface area contributed by atoms with E-state index in [1.54, 1.807) is 19.1 Å². The Bertz CT molecular complexity index is 880. The largest absolute Gasteiger partial charge is 0.338 e. The molecule has 0 aliphatic rings. The monoisotopic (exact) mass is 423 g/mol. The average Bonchev–Trinajstić information content (AvgIpc) is 2.73. The Morgan fingerprint density at radius 1 is 1.16 bits per heavy atom. The van der Waals surface area contributed by atoms with Crippen molar-refractivity contribution in [2.24, 2.45) is 16.3 Å². The van der Waals surface area contributed by atoms with Crippen LogP contribution in [0.5, 0.6) is 0 Å². The molecule has 0 heterocycles. The van der Waals surface area contributed by atoms with Crippen molar-refractivity contribution in [2.45, 2.75) is 33.2 Å². The number of benzene rings is 2. The highest BCUT2D eigenvalue weighted by Gasteiger charge is 2.08. The summed E-state index contributed by atoms with van der Waals surface area (Å²) in [5.74, 6) is 5.16. The van der Waals surface area contributed by atoms with Gasteiger partial charge in [-0.15, -0.1) is 0 Å². The van der Waals surface area contributed by atoms with Crippen LogP contribution < -0.4 is 21.5 Å². The molecule has 2 aromatic rings. The summed E-state index contributed by atoms with van der Waals surface area (Å²) in [4.78, 5) is 14.5. The second kappa shape index (κ2) is 12.3. The lowest BCUT2D eigenvalue weighted by Gasteiger charge is -2.18. The number of urea groups is 1. The van der Waals surface area contributed by atoms with E-state index in [1.807, 2.05) is 12.1 Å². The van der Waals surface area contributed by atoms with E-state index in [0.717, 1.165) is 25.9 Å². The summed E-state index contributed by atoms with van der Waals surface area (Å²) in [5.41, 5.74) is 4.59. The first-order chi connectivity index (χ1) is 14.9. The van der Waals surface area contributed by atoms with Gasteiger partial charge in [-0.05, 0) is 69.3 Å². The van der Waals surface area contributed by atoms with Gasteiger partial charge in [-0.25, -0.2) is 9.80 Å². The quantitative estimate of drug-likeness (QED) is 0.213. The highest BCUT2D eigenvalue weighted by Crippen LogP contribution is 2.22. The molecule has 0 aliphatic heterocycles. The minimum Gasteiger partial charge on any atom is -0.338 e. The topological polar surface area (TPSA) is 98.4 Å². The molecular weight excluding hydrogens is 390 g/mol. The first-order valence-electron chi connectivity index (χ1n) is 10.3. The SMILES string of the molecule is C=C(C)N(/N=N\N)c1cccc(NC(=O)NCCCCN(C)Cc2ccc(C)cc2)c1. The molecule has 0 atom stereocenters. The van der Waals surface area contributed by atoms with Crippen LogP contribution in [0.3, 0.4) is 0 Å². The van der Waals surface area contributed by atoms with Gasteiger partial charge < -0.3 is 21.4 Å². The normalized spacial score (nSPS) is 11.0. The molecule has 8 heteroatoms. The van der Waals surface area contributed by atoms with E-state index in [2.05, 4.69) is 70.8 Å². The highest BCUT2D eigenvalue weighted by atomic mass is 16.2. The smallest absolute Gasteiger partial charge is 0.319 e. The number of amides is 2. The van der Waals surface area contributed by atoms with Crippen LogP contribution >= 0.6 is 0 Å². The number of anilines is 2. The second-order valence-electron chi connectivity index (χ2n) is 7.61. The number of hydrogen-bond donors (Lipinski definition) is 3. The third kappa shape index (κ3) is 8.47. The van der Waals surface area contributed by atoms with E-state index >= 15 is 0 Å². The number of nitrogens with one attached hydrogen (secondary N) is 2. The maximum absolute atomic E-state index is 12.2. The van der Waals surface area contributed by atoms with Crippen LogP contribution in [0.15, 0.2) is 71.3 Å². The summed E-state index contributed by atoms with van der Waals surface area (Å²) in [6, 6.07) is 15.6. The average molecular weight is 424 g/mol. The molecular formula is C23H33N7O. The molecule has 8 nitrogen and oxygen atoms in total. The minimum absolute atomic E-state index is 0.243. The van der Waals surface area contributed by atoms with Gasteiger partial charge >= 0.3 is 6.03 Å². The molecule has 0 spiro atoms. The fourth-order valence-electron chi connectivity index (χ4n) is 3.08. The third-order valence-electron chi connectivity index (χ3n) is 4.68. The Balaban J connectivity index is 1.70. The molecule has 0 saturated heterocycles. The number of carbonyl (C=O) groups is 1. The number of aryl methyl sites for hydroxylation is 1.